The first-order valence-corrected chi connectivity index (χ1v) is 16.3. The number of anilines is 1. The van der Waals surface area contributed by atoms with Crippen LogP contribution in [0.3, 0.4) is 0 Å². The lowest BCUT2D eigenvalue weighted by atomic mass is 9.77. The number of nitrogens with one attached hydrogen (secondary N) is 1. The van der Waals surface area contributed by atoms with Crippen LogP contribution in [-0.2, 0) is 21.0 Å². The molecule has 0 amide bonds. The molecule has 0 aromatic heterocycles. The maximum Gasteiger partial charge on any atom is 0.275 e. The molecule has 0 spiro atoms. The van der Waals surface area contributed by atoms with E-state index < -0.39 is 22.4 Å². The van der Waals surface area contributed by atoms with Crippen molar-refractivity contribution >= 4 is 34.3 Å². The fourth-order valence-corrected chi connectivity index (χ4v) is 6.49. The second-order valence-corrected chi connectivity index (χ2v) is 14.3. The highest BCUT2D eigenvalue weighted by atomic mass is 16.3. The average Bonchev–Trinajstić information content (AvgIpc) is 3.62. The van der Waals surface area contributed by atoms with Crippen LogP contribution in [-0.4, -0.2) is 32.5 Å². The fraction of sp³-hybridized carbons (Fsp3) is 0.244. The summed E-state index contributed by atoms with van der Waals surface area (Å²) in [5.74, 6) is -1.76. The van der Waals surface area contributed by atoms with Crippen molar-refractivity contribution in [2.75, 3.05) is 5.32 Å². The number of rotatable bonds is 2. The van der Waals surface area contributed by atoms with E-state index in [9.17, 15) is 19.5 Å². The Hall–Kier alpha value is -5.83. The van der Waals surface area contributed by atoms with Gasteiger partial charge in [-0.2, -0.15) is 0 Å². The minimum Gasteiger partial charge on any atom is -0.506 e. The van der Waals surface area contributed by atoms with Gasteiger partial charge in [-0.3, -0.25) is 24.4 Å². The number of allylic oxidation sites excluding steroid dienone is 5. The second-order valence-electron chi connectivity index (χ2n) is 14.3. The van der Waals surface area contributed by atoms with Crippen LogP contribution in [0.1, 0.15) is 65.2 Å². The van der Waals surface area contributed by atoms with Crippen LogP contribution in [0.5, 0.6) is 11.5 Å². The molecule has 9 heteroatoms. The number of benzene rings is 3. The van der Waals surface area contributed by atoms with Gasteiger partial charge in [0.15, 0.2) is 0 Å². The van der Waals surface area contributed by atoms with Crippen LogP contribution in [0.25, 0.3) is 0 Å². The Kier molecular flexibility index (Phi) is 8.13. The van der Waals surface area contributed by atoms with E-state index in [-0.39, 0.29) is 27.8 Å². The quantitative estimate of drug-likeness (QED) is 0.128. The molecule has 9 nitrogen and oxygen atoms in total. The third-order valence-electron chi connectivity index (χ3n) is 10.2. The molecule has 0 fully saturated rings. The molecule has 4 aromatic carbocycles. The Morgan fingerprint density at radius 3 is 1.62 bits per heavy atom. The summed E-state index contributed by atoms with van der Waals surface area (Å²) in [6, 6.07) is 24.5. The van der Waals surface area contributed by atoms with Gasteiger partial charge in [-0.15, -0.1) is 0 Å². The number of ketones is 1. The molecule has 254 valence electrons. The van der Waals surface area contributed by atoms with Crippen LogP contribution >= 0.6 is 0 Å². The number of carbonyl (C=O) groups excluding carboxylic acids is 1. The Bertz CT molecular complexity index is 2290. The fourth-order valence-electron chi connectivity index (χ4n) is 6.49. The molecule has 4 N–H and O–H groups in total. The van der Waals surface area contributed by atoms with Crippen molar-refractivity contribution in [1.29, 1.82) is 0 Å². The van der Waals surface area contributed by atoms with Crippen LogP contribution in [0, 0.1) is 0 Å². The number of hydrogen-bond donors (Lipinski definition) is 4. The number of aliphatic hydroxyl groups is 1. The monoisotopic (exact) mass is 669 g/mol. The molecule has 0 bridgehead atoms. The summed E-state index contributed by atoms with van der Waals surface area (Å²) in [5, 5.41) is 30.5. The van der Waals surface area contributed by atoms with Gasteiger partial charge in [0.25, 0.3) is 10.9 Å². The summed E-state index contributed by atoms with van der Waals surface area (Å²) >= 11 is 0. The lowest BCUT2D eigenvalue weighted by molar-refractivity contribution is -0.113. The van der Waals surface area contributed by atoms with E-state index in [0.29, 0.717) is 11.1 Å². The summed E-state index contributed by atoms with van der Waals surface area (Å²) in [7, 11) is 0. The first kappa shape index (κ1) is 34.0. The summed E-state index contributed by atoms with van der Waals surface area (Å²) in [4.78, 5) is 42.0. The highest BCUT2D eigenvalue weighted by Crippen LogP contribution is 2.46. The Morgan fingerprint density at radius 2 is 1.12 bits per heavy atom. The zero-order valence-corrected chi connectivity index (χ0v) is 29.0. The number of aromatic hydroxyl groups is 2. The number of hydrogen-bond acceptors (Lipinski definition) is 9. The van der Waals surface area contributed by atoms with E-state index in [0.717, 1.165) is 34.0 Å². The summed E-state index contributed by atoms with van der Waals surface area (Å²) in [6.45, 7) is 14.9. The molecule has 4 aromatic rings. The number of Topliss-reactive ketones (excluding diaryl/α,β-unsaturated/α-hetero) is 1. The van der Waals surface area contributed by atoms with E-state index in [1.54, 1.807) is 12.2 Å². The molecule has 4 aliphatic rings. The van der Waals surface area contributed by atoms with Crippen molar-refractivity contribution < 1.29 is 20.1 Å². The molecule has 0 saturated carbocycles. The van der Waals surface area contributed by atoms with E-state index in [4.69, 9.17) is 15.2 Å². The predicted octanol–water partition coefficient (Wildman–Crippen LogP) is 7.42. The van der Waals surface area contributed by atoms with Gasteiger partial charge in [0.05, 0.1) is 28.2 Å². The van der Waals surface area contributed by atoms with Crippen molar-refractivity contribution in [2.45, 2.75) is 64.7 Å². The van der Waals surface area contributed by atoms with Gasteiger partial charge in [-0.1, -0.05) is 96.1 Å². The number of fused-ring (bicyclic) bond motifs is 3. The molecule has 1 aliphatic carbocycles. The van der Waals surface area contributed by atoms with Crippen molar-refractivity contribution in [3.8, 4) is 11.5 Å². The van der Waals surface area contributed by atoms with Gasteiger partial charge >= 0.3 is 0 Å². The van der Waals surface area contributed by atoms with Crippen molar-refractivity contribution in [3.63, 3.8) is 0 Å². The molecule has 50 heavy (non-hydrogen) atoms. The SMILES string of the molecule is CC1(C)C(C=C2C(=O)C(C=C3Nc4ccccc4C3(C)C)=C2O)=Nc2ccccc21.CC1=Nc2ccccc2C1(C)C.O=c1c(O)c(O)c1=O. The number of aliphatic imine (C=N–C) groups is 2. The third-order valence-corrected chi connectivity index (χ3v) is 10.2. The van der Waals surface area contributed by atoms with Gasteiger partial charge in [0.1, 0.15) is 5.76 Å². The maximum atomic E-state index is 12.9. The van der Waals surface area contributed by atoms with Crippen molar-refractivity contribution in [2.24, 2.45) is 9.98 Å². The molecule has 0 unspecified atom stereocenters. The van der Waals surface area contributed by atoms with Crippen LogP contribution in [0.2, 0.25) is 0 Å². The molecule has 0 saturated heterocycles. The largest absolute Gasteiger partial charge is 0.506 e. The van der Waals surface area contributed by atoms with Crippen LogP contribution in [0.4, 0.5) is 17.1 Å². The minimum absolute atomic E-state index is 0.0375. The van der Waals surface area contributed by atoms with Gasteiger partial charge in [0, 0.05) is 33.3 Å². The summed E-state index contributed by atoms with van der Waals surface area (Å²) in [6.07, 6.45) is 3.52. The van der Waals surface area contributed by atoms with E-state index in [1.165, 1.54) is 16.8 Å². The zero-order valence-electron chi connectivity index (χ0n) is 29.0. The maximum absolute atomic E-state index is 12.9. The van der Waals surface area contributed by atoms with Crippen LogP contribution in [0.15, 0.2) is 127 Å². The number of aliphatic hydroxyl groups excluding tert-OH is 1. The third kappa shape index (κ3) is 5.39. The molecule has 3 heterocycles. The first-order valence-electron chi connectivity index (χ1n) is 16.3. The lowest BCUT2D eigenvalue weighted by Crippen LogP contribution is -2.28. The van der Waals surface area contributed by atoms with Gasteiger partial charge in [-0.05, 0) is 54.0 Å². The normalized spacial score (nSPS) is 20.0. The van der Waals surface area contributed by atoms with Gasteiger partial charge in [0.2, 0.25) is 17.3 Å². The molecule has 3 aliphatic heterocycles. The van der Waals surface area contributed by atoms with Gasteiger partial charge < -0.3 is 20.6 Å². The highest BCUT2D eigenvalue weighted by Gasteiger charge is 2.40. The Morgan fingerprint density at radius 1 is 0.620 bits per heavy atom. The number of carbonyl (C=O) groups is 1. The highest BCUT2D eigenvalue weighted by molar-refractivity contribution is 6.25. The van der Waals surface area contributed by atoms with E-state index in [1.807, 2.05) is 42.5 Å². The predicted molar refractivity (Wildman–Crippen MR) is 197 cm³/mol. The molecule has 0 atom stereocenters. The van der Waals surface area contributed by atoms with Crippen molar-refractivity contribution in [1.82, 2.24) is 0 Å². The Balaban J connectivity index is 0.000000175. The Labute approximate surface area is 290 Å². The summed E-state index contributed by atoms with van der Waals surface area (Å²) in [5.41, 5.74) is 7.87. The average molecular weight is 670 g/mol. The van der Waals surface area contributed by atoms with Gasteiger partial charge in [-0.25, -0.2) is 0 Å². The summed E-state index contributed by atoms with van der Waals surface area (Å²) < 4.78 is 0. The molecular weight excluding hydrogens is 630 g/mol. The minimum atomic E-state index is -1.01. The van der Waals surface area contributed by atoms with Crippen LogP contribution < -0.4 is 16.2 Å². The topological polar surface area (TPSA) is 149 Å². The second kappa shape index (κ2) is 11.9. The van der Waals surface area contributed by atoms with E-state index in [2.05, 4.69) is 89.1 Å². The zero-order chi connectivity index (χ0) is 36.3. The van der Waals surface area contributed by atoms with Crippen molar-refractivity contribution in [3.05, 3.63) is 145 Å². The number of para-hydroxylation sites is 3. The smallest absolute Gasteiger partial charge is 0.275 e. The lowest BCUT2D eigenvalue weighted by Gasteiger charge is -2.25. The molecular formula is C41H39N3O6. The first-order chi connectivity index (χ1) is 23.5. The standard InChI is InChI=1S/C26H24N2O2.C11H13N.C4H2O4/c1-25(2)17-9-5-7-11-19(17)27-21(25)13-15-23(29)16(24(15)30)14-22-26(3,4)18-10-6-8-12-20(18)28-22;1-8-11(2,3)9-6-4-5-7-10(9)12-8;5-1-2(6)4(8)3(1)7/h5-14,27,29H,1-4H3;4-7H,1-3H3;5-6H. The van der Waals surface area contributed by atoms with E-state index >= 15 is 0 Å². The molecule has 0 radical (unpaired) electrons. The molecule has 8 rings (SSSR count). The number of nitrogens with zero attached hydrogens (tertiary/aromatic N) is 2.